The predicted octanol–water partition coefficient (Wildman–Crippen LogP) is 0.823. The van der Waals surface area contributed by atoms with E-state index in [0.717, 1.165) is 18.5 Å². The highest BCUT2D eigenvalue weighted by atomic mass is 16.3. The number of fused-ring (bicyclic) bond motifs is 1. The number of nitrogens with two attached hydrogens (primary N) is 1. The standard InChI is InChI=1S/C13H18N2O2/c14-8-12(16)13(17)15-11-6-5-9-3-1-2-4-10(9)7-11/h5-7,12,16H,1-4,8,14H2,(H,15,17). The van der Waals surface area contributed by atoms with Crippen molar-refractivity contribution in [1.29, 1.82) is 0 Å². The first-order valence-corrected chi connectivity index (χ1v) is 6.01. The first-order chi connectivity index (χ1) is 8.20. The van der Waals surface area contributed by atoms with Gasteiger partial charge < -0.3 is 16.2 Å². The zero-order valence-electron chi connectivity index (χ0n) is 9.78. The zero-order chi connectivity index (χ0) is 12.3. The minimum Gasteiger partial charge on any atom is -0.382 e. The predicted molar refractivity (Wildman–Crippen MR) is 66.8 cm³/mol. The number of rotatable bonds is 3. The largest absolute Gasteiger partial charge is 0.382 e. The summed E-state index contributed by atoms with van der Waals surface area (Å²) in [4.78, 5) is 11.5. The van der Waals surface area contributed by atoms with Crippen LogP contribution in [0.3, 0.4) is 0 Å². The number of aryl methyl sites for hydroxylation is 2. The Morgan fingerprint density at radius 3 is 2.76 bits per heavy atom. The molecule has 0 bridgehead atoms. The second-order valence-corrected chi connectivity index (χ2v) is 4.43. The van der Waals surface area contributed by atoms with Gasteiger partial charge in [0.15, 0.2) is 0 Å². The third-order valence-electron chi connectivity index (χ3n) is 3.14. The molecule has 0 fully saturated rings. The topological polar surface area (TPSA) is 75.3 Å². The van der Waals surface area contributed by atoms with Crippen molar-refractivity contribution in [3.63, 3.8) is 0 Å². The van der Waals surface area contributed by atoms with Gasteiger partial charge in [0.25, 0.3) is 5.91 Å². The number of anilines is 1. The molecule has 0 aliphatic heterocycles. The Morgan fingerprint density at radius 1 is 1.35 bits per heavy atom. The van der Waals surface area contributed by atoms with Gasteiger partial charge in [-0.15, -0.1) is 0 Å². The molecule has 1 unspecified atom stereocenters. The van der Waals surface area contributed by atoms with Crippen LogP contribution in [-0.2, 0) is 17.6 Å². The van der Waals surface area contributed by atoms with Crippen LogP contribution in [-0.4, -0.2) is 23.7 Å². The number of nitrogens with one attached hydrogen (secondary N) is 1. The summed E-state index contributed by atoms with van der Waals surface area (Å²) in [6.45, 7) is -0.0588. The van der Waals surface area contributed by atoms with Crippen LogP contribution in [0, 0.1) is 0 Å². The lowest BCUT2D eigenvalue weighted by molar-refractivity contribution is -0.123. The van der Waals surface area contributed by atoms with Gasteiger partial charge in [-0.3, -0.25) is 4.79 Å². The first kappa shape index (κ1) is 12.1. The fourth-order valence-electron chi connectivity index (χ4n) is 2.14. The highest BCUT2D eigenvalue weighted by molar-refractivity contribution is 5.94. The van der Waals surface area contributed by atoms with E-state index >= 15 is 0 Å². The fourth-order valence-corrected chi connectivity index (χ4v) is 2.14. The maximum Gasteiger partial charge on any atom is 0.254 e. The van der Waals surface area contributed by atoms with Gasteiger partial charge in [-0.1, -0.05) is 6.07 Å². The molecule has 1 amide bonds. The molecule has 1 atom stereocenters. The van der Waals surface area contributed by atoms with Gasteiger partial charge in [-0.05, 0) is 48.9 Å². The van der Waals surface area contributed by atoms with Crippen LogP contribution in [0.5, 0.6) is 0 Å². The number of aliphatic hydroxyl groups is 1. The normalized spacial score (nSPS) is 16.1. The van der Waals surface area contributed by atoms with Gasteiger partial charge >= 0.3 is 0 Å². The Morgan fingerprint density at radius 2 is 2.06 bits per heavy atom. The average Bonchev–Trinajstić information content (AvgIpc) is 2.37. The Kier molecular flexibility index (Phi) is 3.76. The minimum atomic E-state index is -1.13. The molecule has 0 saturated heterocycles. The van der Waals surface area contributed by atoms with Gasteiger partial charge in [-0.2, -0.15) is 0 Å². The van der Waals surface area contributed by atoms with E-state index in [1.165, 1.54) is 24.0 Å². The fraction of sp³-hybridized carbons (Fsp3) is 0.462. The number of hydrogen-bond acceptors (Lipinski definition) is 3. The number of carbonyl (C=O) groups excluding carboxylic acids is 1. The van der Waals surface area contributed by atoms with Crippen molar-refractivity contribution in [3.8, 4) is 0 Å². The molecule has 92 valence electrons. The quantitative estimate of drug-likeness (QED) is 0.725. The van der Waals surface area contributed by atoms with Crippen LogP contribution in [0.1, 0.15) is 24.0 Å². The number of hydrogen-bond donors (Lipinski definition) is 3. The lowest BCUT2D eigenvalue weighted by Crippen LogP contribution is -2.34. The van der Waals surface area contributed by atoms with Crippen LogP contribution < -0.4 is 11.1 Å². The molecule has 2 rings (SSSR count). The lowest BCUT2D eigenvalue weighted by Gasteiger charge is -2.17. The third kappa shape index (κ3) is 2.84. The molecule has 4 N–H and O–H groups in total. The average molecular weight is 234 g/mol. The molecule has 1 aliphatic rings. The number of benzene rings is 1. The molecule has 0 spiro atoms. The van der Waals surface area contributed by atoms with Crippen molar-refractivity contribution in [3.05, 3.63) is 29.3 Å². The summed E-state index contributed by atoms with van der Waals surface area (Å²) in [5, 5.41) is 12.0. The van der Waals surface area contributed by atoms with E-state index in [9.17, 15) is 9.90 Å². The summed E-state index contributed by atoms with van der Waals surface area (Å²) in [6.07, 6.45) is 3.50. The van der Waals surface area contributed by atoms with Crippen molar-refractivity contribution >= 4 is 11.6 Å². The molecule has 1 aliphatic carbocycles. The highest BCUT2D eigenvalue weighted by Crippen LogP contribution is 2.24. The summed E-state index contributed by atoms with van der Waals surface area (Å²) < 4.78 is 0. The number of carbonyl (C=O) groups is 1. The maximum absolute atomic E-state index is 11.5. The Hall–Kier alpha value is -1.39. The molecule has 1 aromatic rings. The van der Waals surface area contributed by atoms with Crippen LogP contribution >= 0.6 is 0 Å². The second-order valence-electron chi connectivity index (χ2n) is 4.43. The first-order valence-electron chi connectivity index (χ1n) is 6.01. The summed E-state index contributed by atoms with van der Waals surface area (Å²) >= 11 is 0. The van der Waals surface area contributed by atoms with Crippen LogP contribution in [0.2, 0.25) is 0 Å². The Labute approximate surface area is 101 Å². The Bertz CT molecular complexity index is 418. The van der Waals surface area contributed by atoms with Crippen LogP contribution in [0.4, 0.5) is 5.69 Å². The number of aliphatic hydroxyl groups excluding tert-OH is 1. The second kappa shape index (κ2) is 5.29. The van der Waals surface area contributed by atoms with Crippen molar-refractivity contribution < 1.29 is 9.90 Å². The van der Waals surface area contributed by atoms with Gasteiger partial charge in [0.2, 0.25) is 0 Å². The molecular weight excluding hydrogens is 216 g/mol. The van der Waals surface area contributed by atoms with E-state index < -0.39 is 12.0 Å². The monoisotopic (exact) mass is 234 g/mol. The van der Waals surface area contributed by atoms with Crippen molar-refractivity contribution in [2.45, 2.75) is 31.8 Å². The minimum absolute atomic E-state index is 0.0588. The SMILES string of the molecule is NCC(O)C(=O)Nc1ccc2c(c1)CCCC2. The molecule has 0 radical (unpaired) electrons. The van der Waals surface area contributed by atoms with Crippen molar-refractivity contribution in [2.75, 3.05) is 11.9 Å². The zero-order valence-corrected chi connectivity index (χ0v) is 9.78. The lowest BCUT2D eigenvalue weighted by atomic mass is 9.91. The van der Waals surface area contributed by atoms with Crippen LogP contribution in [0.25, 0.3) is 0 Å². The molecule has 4 heteroatoms. The van der Waals surface area contributed by atoms with E-state index in [-0.39, 0.29) is 6.54 Å². The summed E-state index contributed by atoms with van der Waals surface area (Å²) in [5.41, 5.74) is 8.64. The molecule has 0 saturated carbocycles. The number of amides is 1. The van der Waals surface area contributed by atoms with E-state index in [2.05, 4.69) is 11.4 Å². The smallest absolute Gasteiger partial charge is 0.254 e. The summed E-state index contributed by atoms with van der Waals surface area (Å²) in [5.74, 6) is -0.441. The molecule has 0 heterocycles. The highest BCUT2D eigenvalue weighted by Gasteiger charge is 2.14. The van der Waals surface area contributed by atoms with Gasteiger partial charge in [0.1, 0.15) is 6.10 Å². The summed E-state index contributed by atoms with van der Waals surface area (Å²) in [7, 11) is 0. The molecular formula is C13H18N2O2. The molecule has 4 nitrogen and oxygen atoms in total. The molecule has 17 heavy (non-hydrogen) atoms. The van der Waals surface area contributed by atoms with E-state index in [0.29, 0.717) is 0 Å². The van der Waals surface area contributed by atoms with Crippen molar-refractivity contribution in [2.24, 2.45) is 5.73 Å². The van der Waals surface area contributed by atoms with Gasteiger partial charge in [-0.25, -0.2) is 0 Å². The van der Waals surface area contributed by atoms with E-state index in [4.69, 9.17) is 5.73 Å². The maximum atomic E-state index is 11.5. The Balaban J connectivity index is 2.09. The molecule has 1 aromatic carbocycles. The third-order valence-corrected chi connectivity index (χ3v) is 3.14. The van der Waals surface area contributed by atoms with Gasteiger partial charge in [0.05, 0.1) is 0 Å². The van der Waals surface area contributed by atoms with Crippen molar-refractivity contribution in [1.82, 2.24) is 0 Å². The summed E-state index contributed by atoms with van der Waals surface area (Å²) in [6, 6.07) is 5.93. The van der Waals surface area contributed by atoms with E-state index in [1.54, 1.807) is 0 Å². The van der Waals surface area contributed by atoms with Gasteiger partial charge in [0, 0.05) is 12.2 Å². The molecule has 0 aromatic heterocycles. The van der Waals surface area contributed by atoms with E-state index in [1.807, 2.05) is 12.1 Å². The van der Waals surface area contributed by atoms with Crippen LogP contribution in [0.15, 0.2) is 18.2 Å².